The topological polar surface area (TPSA) is 61.8 Å². The molecule has 0 saturated heterocycles. The number of ether oxygens (including phenoxy) is 3. The number of rotatable bonds is 7. The van der Waals surface area contributed by atoms with E-state index >= 15 is 0 Å². The van der Waals surface area contributed by atoms with E-state index in [0.717, 1.165) is 60.2 Å². The number of halogens is 8. The van der Waals surface area contributed by atoms with Crippen molar-refractivity contribution in [2.24, 2.45) is 0 Å². The standard InChI is InChI=1S/C24H12F4O3.C20H12F4O2.3H2/c1-2-3-4-11-30-16-6-9-18(22(27)13-16)15-5-8-19(21(26)12-15)24(29)31-17-7-10-20(25)23(28)14-17;1-11-2-5-14(17(22)8-11)12-3-6-15(18(23)9-12)20(25)26-13-4-7-16(21)19(24)10-13;;;/h5-10,12-14H,1H3;2-10H,1H3;3*1H. The van der Waals surface area contributed by atoms with Crippen molar-refractivity contribution in [3.8, 4) is 63.4 Å². The fraction of sp³-hybridized carbons (Fsp3) is 0.0455. The Bertz CT molecular complexity index is 2650. The molecule has 0 spiro atoms. The first kappa shape index (κ1) is 40.8. The van der Waals surface area contributed by atoms with Crippen molar-refractivity contribution < 1.29 is 63.2 Å². The number of hydrogen-bond acceptors (Lipinski definition) is 5. The van der Waals surface area contributed by atoms with Crippen molar-refractivity contribution in [3.63, 3.8) is 0 Å². The van der Waals surface area contributed by atoms with Crippen LogP contribution in [0.1, 0.15) is 37.5 Å². The average molecular weight is 791 g/mol. The first-order valence-electron chi connectivity index (χ1n) is 16.3. The quantitative estimate of drug-likeness (QED) is 0.0697. The molecule has 13 heteroatoms. The Kier molecular flexibility index (Phi) is 13.1. The highest BCUT2D eigenvalue weighted by Crippen LogP contribution is 2.29. The highest BCUT2D eigenvalue weighted by molar-refractivity contribution is 5.92. The molecule has 0 heterocycles. The van der Waals surface area contributed by atoms with Crippen LogP contribution in [0.2, 0.25) is 0 Å². The third-order valence-corrected chi connectivity index (χ3v) is 7.68. The molecular weight excluding hydrogens is 760 g/mol. The van der Waals surface area contributed by atoms with Crippen LogP contribution < -0.4 is 14.2 Å². The molecule has 0 aromatic heterocycles. The Hall–Kier alpha value is -7.38. The lowest BCUT2D eigenvalue weighted by Crippen LogP contribution is -2.11. The number of carbonyl (C=O) groups excluding carboxylic acids is 2. The Labute approximate surface area is 324 Å². The number of carbonyl (C=O) groups is 2. The zero-order valence-corrected chi connectivity index (χ0v) is 29.5. The van der Waals surface area contributed by atoms with Crippen molar-refractivity contribution in [2.75, 3.05) is 0 Å². The molecule has 6 aromatic rings. The van der Waals surface area contributed by atoms with Crippen LogP contribution in [0.3, 0.4) is 0 Å². The predicted octanol–water partition coefficient (Wildman–Crippen LogP) is 11.7. The third kappa shape index (κ3) is 10.4. The van der Waals surface area contributed by atoms with Gasteiger partial charge in [0.15, 0.2) is 23.3 Å². The molecule has 0 aliphatic heterocycles. The van der Waals surface area contributed by atoms with Crippen molar-refractivity contribution in [2.45, 2.75) is 13.8 Å². The van der Waals surface area contributed by atoms with E-state index in [0.29, 0.717) is 12.1 Å². The van der Waals surface area contributed by atoms with Gasteiger partial charge in [0.1, 0.15) is 46.6 Å². The van der Waals surface area contributed by atoms with Gasteiger partial charge in [0.2, 0.25) is 0 Å². The summed E-state index contributed by atoms with van der Waals surface area (Å²) in [5, 5.41) is 0. The molecule has 0 aliphatic carbocycles. The van der Waals surface area contributed by atoms with E-state index in [1.54, 1.807) is 19.9 Å². The minimum atomic E-state index is -1.21. The maximum atomic E-state index is 14.5. The van der Waals surface area contributed by atoms with E-state index in [-0.39, 0.29) is 43.8 Å². The molecule has 0 amide bonds. The summed E-state index contributed by atoms with van der Waals surface area (Å²) in [5.41, 5.74) is 0.520. The molecule has 0 N–H and O–H groups in total. The molecule has 6 aromatic carbocycles. The average Bonchev–Trinajstić information content (AvgIpc) is 3.16. The maximum Gasteiger partial charge on any atom is 0.346 e. The largest absolute Gasteiger partial charge is 0.423 e. The third-order valence-electron chi connectivity index (χ3n) is 7.68. The smallest absolute Gasteiger partial charge is 0.346 e. The van der Waals surface area contributed by atoms with Crippen LogP contribution in [0.15, 0.2) is 109 Å². The number of esters is 2. The lowest BCUT2D eigenvalue weighted by atomic mass is 10.0. The second-order valence-corrected chi connectivity index (χ2v) is 11.6. The molecule has 0 fully saturated rings. The first-order chi connectivity index (χ1) is 27.2. The highest BCUT2D eigenvalue weighted by atomic mass is 19.2. The van der Waals surface area contributed by atoms with Crippen LogP contribution >= 0.6 is 0 Å². The van der Waals surface area contributed by atoms with Gasteiger partial charge < -0.3 is 14.2 Å². The Morgan fingerprint density at radius 1 is 0.474 bits per heavy atom. The summed E-state index contributed by atoms with van der Waals surface area (Å²) in [6, 6.07) is 20.3. The van der Waals surface area contributed by atoms with Gasteiger partial charge in [-0.2, -0.15) is 0 Å². The second kappa shape index (κ2) is 18.3. The van der Waals surface area contributed by atoms with Gasteiger partial charge >= 0.3 is 11.9 Å². The lowest BCUT2D eigenvalue weighted by Gasteiger charge is -2.09. The van der Waals surface area contributed by atoms with E-state index in [4.69, 9.17) is 14.2 Å². The fourth-order valence-corrected chi connectivity index (χ4v) is 4.92. The van der Waals surface area contributed by atoms with E-state index < -0.39 is 69.6 Å². The van der Waals surface area contributed by atoms with Crippen molar-refractivity contribution in [3.05, 3.63) is 172 Å². The van der Waals surface area contributed by atoms with Gasteiger partial charge in [-0.15, -0.1) is 0 Å². The van der Waals surface area contributed by atoms with Gasteiger partial charge in [-0.3, -0.25) is 0 Å². The Balaban J connectivity index is 0.000000399. The summed E-state index contributed by atoms with van der Waals surface area (Å²) in [5.74, 6) is -2.91. The summed E-state index contributed by atoms with van der Waals surface area (Å²) in [4.78, 5) is 24.2. The summed E-state index contributed by atoms with van der Waals surface area (Å²) in [7, 11) is 0. The van der Waals surface area contributed by atoms with Gasteiger partial charge in [-0.05, 0) is 103 Å². The lowest BCUT2D eigenvalue weighted by molar-refractivity contribution is 0.0719. The summed E-state index contributed by atoms with van der Waals surface area (Å²) >= 11 is 0. The molecule has 0 radical (unpaired) electrons. The minimum absolute atomic E-state index is 0. The molecule has 6 rings (SSSR count). The zero-order valence-electron chi connectivity index (χ0n) is 29.5. The van der Waals surface area contributed by atoms with Crippen LogP contribution in [0.4, 0.5) is 35.1 Å². The first-order valence-corrected chi connectivity index (χ1v) is 16.3. The summed E-state index contributed by atoms with van der Waals surface area (Å²) in [6.07, 6.45) is 2.30. The highest BCUT2D eigenvalue weighted by Gasteiger charge is 2.19. The van der Waals surface area contributed by atoms with E-state index in [2.05, 4.69) is 23.9 Å². The van der Waals surface area contributed by atoms with E-state index in [1.807, 2.05) is 0 Å². The number of aryl methyl sites for hydroxylation is 1. The monoisotopic (exact) mass is 790 g/mol. The van der Waals surface area contributed by atoms with Crippen molar-refractivity contribution in [1.29, 1.82) is 0 Å². The van der Waals surface area contributed by atoms with Crippen LogP contribution in [0, 0.1) is 77.3 Å². The maximum absolute atomic E-state index is 14.5. The molecular formula is C44H30F8O5. The zero-order chi connectivity index (χ0) is 41.2. The molecule has 57 heavy (non-hydrogen) atoms. The van der Waals surface area contributed by atoms with Crippen molar-refractivity contribution >= 4 is 11.9 Å². The van der Waals surface area contributed by atoms with Crippen molar-refractivity contribution in [1.82, 2.24) is 0 Å². The molecule has 0 saturated carbocycles. The summed E-state index contributed by atoms with van der Waals surface area (Å²) in [6.45, 7) is 3.33. The molecule has 5 nitrogen and oxygen atoms in total. The predicted molar refractivity (Wildman–Crippen MR) is 199 cm³/mol. The van der Waals surface area contributed by atoms with Gasteiger partial charge in [-0.25, -0.2) is 44.7 Å². The molecule has 0 unspecified atom stereocenters. The molecule has 0 atom stereocenters. The molecule has 0 aliphatic rings. The number of hydrogen-bond donors (Lipinski definition) is 0. The van der Waals surface area contributed by atoms with Gasteiger partial charge in [-0.1, -0.05) is 30.2 Å². The molecule has 0 bridgehead atoms. The Morgan fingerprint density at radius 2 is 0.930 bits per heavy atom. The Morgan fingerprint density at radius 3 is 1.37 bits per heavy atom. The van der Waals surface area contributed by atoms with Gasteiger partial charge in [0.05, 0.1) is 11.1 Å². The van der Waals surface area contributed by atoms with Crippen LogP contribution in [-0.2, 0) is 0 Å². The van der Waals surface area contributed by atoms with Crippen LogP contribution in [0.25, 0.3) is 22.3 Å². The van der Waals surface area contributed by atoms with Crippen LogP contribution in [-0.4, -0.2) is 11.9 Å². The fourth-order valence-electron chi connectivity index (χ4n) is 4.92. The van der Waals surface area contributed by atoms with E-state index in [1.165, 1.54) is 36.4 Å². The summed E-state index contributed by atoms with van der Waals surface area (Å²) < 4.78 is 124. The SMILES string of the molecule is CC#CC#COc1ccc(-c2ccc(C(=O)Oc3ccc(F)c(F)c3)c(F)c2)c(F)c1.Cc1ccc(-c2ccc(C(=O)Oc3ccc(F)c(F)c3)c(F)c2)c(F)c1.[HH].[HH].[HH]. The van der Waals surface area contributed by atoms with Gasteiger partial charge in [0, 0.05) is 39.5 Å². The molecule has 292 valence electrons. The van der Waals surface area contributed by atoms with Crippen LogP contribution in [0.5, 0.6) is 17.2 Å². The second-order valence-electron chi connectivity index (χ2n) is 11.6. The van der Waals surface area contributed by atoms with Gasteiger partial charge in [0.25, 0.3) is 0 Å². The normalized spacial score (nSPS) is 10.1. The minimum Gasteiger partial charge on any atom is -0.423 e. The number of benzene rings is 6. The van der Waals surface area contributed by atoms with E-state index in [9.17, 15) is 44.7 Å².